The molecule has 2 aromatic rings. The second kappa shape index (κ2) is 10.0. The summed E-state index contributed by atoms with van der Waals surface area (Å²) in [5.41, 5.74) is 0. The van der Waals surface area contributed by atoms with E-state index >= 15 is 0 Å². The van der Waals surface area contributed by atoms with E-state index < -0.39 is 43.7 Å². The SMILES string of the molecule is CCOCOc1ccc(S2(OS(=O)(=O)C(F)(F)C(F)(F)C(F)(F)C(F)(F)F)CCCC2)c2ccccc12. The van der Waals surface area contributed by atoms with Crippen LogP contribution in [0.15, 0.2) is 41.3 Å². The molecule has 2 aromatic carbocycles. The molecule has 0 aliphatic carbocycles. The van der Waals surface area contributed by atoms with Crippen LogP contribution in [-0.2, 0) is 18.5 Å². The summed E-state index contributed by atoms with van der Waals surface area (Å²) in [5, 5.41) is -6.34. The first-order valence-electron chi connectivity index (χ1n) is 10.6. The molecule has 0 bridgehead atoms. The lowest BCUT2D eigenvalue weighted by molar-refractivity contribution is -0.382. The zero-order valence-corrected chi connectivity index (χ0v) is 20.6. The van der Waals surface area contributed by atoms with Crippen LogP contribution in [-0.4, -0.2) is 56.6 Å². The molecule has 37 heavy (non-hydrogen) atoms. The average Bonchev–Trinajstić information content (AvgIpc) is 3.26. The molecule has 0 saturated carbocycles. The minimum absolute atomic E-state index is 0.00892. The van der Waals surface area contributed by atoms with Crippen molar-refractivity contribution in [3.8, 4) is 5.75 Å². The Kier molecular flexibility index (Phi) is 8.01. The monoisotopic (exact) mass is 588 g/mol. The van der Waals surface area contributed by atoms with Crippen molar-refractivity contribution in [3.63, 3.8) is 0 Å². The third kappa shape index (κ3) is 4.96. The predicted molar refractivity (Wildman–Crippen MR) is 117 cm³/mol. The Hall–Kier alpha value is -1.91. The van der Waals surface area contributed by atoms with E-state index in [9.17, 15) is 47.9 Å². The maximum Gasteiger partial charge on any atom is 0.460 e. The van der Waals surface area contributed by atoms with E-state index in [1.54, 1.807) is 13.0 Å². The van der Waals surface area contributed by atoms with Gasteiger partial charge in [-0.3, -0.25) is 0 Å². The zero-order chi connectivity index (χ0) is 27.9. The Morgan fingerprint density at radius 2 is 1.41 bits per heavy atom. The molecule has 0 radical (unpaired) electrons. The molecule has 16 heteroatoms. The smallest absolute Gasteiger partial charge is 0.460 e. The Balaban J connectivity index is 2.10. The van der Waals surface area contributed by atoms with Crippen molar-refractivity contribution >= 4 is 31.2 Å². The fourth-order valence-corrected chi connectivity index (χ4v) is 9.58. The number of fused-ring (bicyclic) bond motifs is 1. The van der Waals surface area contributed by atoms with Crippen LogP contribution < -0.4 is 4.74 Å². The first-order valence-corrected chi connectivity index (χ1v) is 13.9. The van der Waals surface area contributed by atoms with E-state index in [1.165, 1.54) is 30.3 Å². The van der Waals surface area contributed by atoms with E-state index in [1.807, 2.05) is 0 Å². The summed E-state index contributed by atoms with van der Waals surface area (Å²) in [6, 6.07) is 8.66. The van der Waals surface area contributed by atoms with Crippen LogP contribution in [0.4, 0.5) is 39.5 Å². The van der Waals surface area contributed by atoms with Crippen molar-refractivity contribution in [2.75, 3.05) is 24.9 Å². The minimum atomic E-state index is -7.37. The number of benzene rings is 2. The maximum atomic E-state index is 14.4. The number of ether oxygens (including phenoxy) is 2. The van der Waals surface area contributed by atoms with Gasteiger partial charge in [-0.25, -0.2) is 3.63 Å². The highest BCUT2D eigenvalue weighted by atomic mass is 32.3. The molecule has 0 unspecified atom stereocenters. The van der Waals surface area contributed by atoms with E-state index in [0.717, 1.165) is 0 Å². The molecule has 1 fully saturated rings. The highest BCUT2D eigenvalue weighted by Crippen LogP contribution is 2.66. The standard InChI is InChI=1S/C21H21F9O5S2/c1-2-33-13-34-16-9-10-17(15-8-4-3-7-14(15)16)36(11-5-6-12-36)35-37(31,32)21(29,30)19(24,25)18(22,23)20(26,27)28/h3-4,7-10H,2,5-6,11-13H2,1H3. The van der Waals surface area contributed by atoms with Crippen molar-refractivity contribution in [2.24, 2.45) is 0 Å². The fourth-order valence-electron chi connectivity index (χ4n) is 3.71. The summed E-state index contributed by atoms with van der Waals surface area (Å²) < 4.78 is 161. The molecule has 210 valence electrons. The van der Waals surface area contributed by atoms with Gasteiger partial charge in [0.05, 0.1) is 0 Å². The minimum Gasteiger partial charge on any atom is -0.467 e. The summed E-state index contributed by atoms with van der Waals surface area (Å²) in [5.74, 6) is -15.0. The molecule has 1 aliphatic heterocycles. The van der Waals surface area contributed by atoms with E-state index in [4.69, 9.17) is 9.47 Å². The Morgan fingerprint density at radius 1 is 0.838 bits per heavy atom. The number of hydrogen-bond donors (Lipinski definition) is 0. The van der Waals surface area contributed by atoms with Crippen LogP contribution in [0.25, 0.3) is 10.8 Å². The molecule has 3 rings (SSSR count). The molecular weight excluding hydrogens is 567 g/mol. The quantitative estimate of drug-likeness (QED) is 0.173. The molecule has 1 heterocycles. The first kappa shape index (κ1) is 29.6. The van der Waals surface area contributed by atoms with Crippen molar-refractivity contribution in [1.82, 2.24) is 0 Å². The lowest BCUT2D eigenvalue weighted by Gasteiger charge is -2.38. The van der Waals surface area contributed by atoms with E-state index in [0.29, 0.717) is 12.0 Å². The van der Waals surface area contributed by atoms with Gasteiger partial charge in [0.1, 0.15) is 5.75 Å². The molecule has 1 aliphatic rings. The van der Waals surface area contributed by atoms with Gasteiger partial charge >= 0.3 is 33.4 Å². The van der Waals surface area contributed by atoms with Gasteiger partial charge in [-0.05, 0) is 37.3 Å². The Labute approximate surface area is 207 Å². The third-order valence-electron chi connectivity index (χ3n) is 5.59. The number of rotatable bonds is 10. The molecular formula is C21H21F9O5S2. The number of halogens is 9. The largest absolute Gasteiger partial charge is 0.467 e. The Bertz CT molecular complexity index is 1230. The van der Waals surface area contributed by atoms with E-state index in [-0.39, 0.29) is 47.2 Å². The van der Waals surface area contributed by atoms with Gasteiger partial charge in [-0.15, -0.1) is 0 Å². The lowest BCUT2D eigenvalue weighted by Crippen LogP contribution is -2.63. The van der Waals surface area contributed by atoms with Crippen LogP contribution in [0, 0.1) is 0 Å². The molecule has 0 aromatic heterocycles. The van der Waals surface area contributed by atoms with Crippen molar-refractivity contribution in [2.45, 2.75) is 47.9 Å². The number of alkyl halides is 9. The van der Waals surface area contributed by atoms with Crippen LogP contribution in [0.2, 0.25) is 0 Å². The topological polar surface area (TPSA) is 61.8 Å². The molecule has 1 saturated heterocycles. The second-order valence-corrected chi connectivity index (χ2v) is 12.8. The average molecular weight is 589 g/mol. The predicted octanol–water partition coefficient (Wildman–Crippen LogP) is 6.86. The first-order chi connectivity index (χ1) is 17.0. The molecule has 0 spiro atoms. The van der Waals surface area contributed by atoms with Crippen molar-refractivity contribution in [1.29, 1.82) is 0 Å². The summed E-state index contributed by atoms with van der Waals surface area (Å²) in [4.78, 5) is 0.00892. The highest BCUT2D eigenvalue weighted by Gasteiger charge is 2.86. The molecule has 0 N–H and O–H groups in total. The van der Waals surface area contributed by atoms with Crippen LogP contribution in [0.3, 0.4) is 0 Å². The number of hydrogen-bond acceptors (Lipinski definition) is 5. The zero-order valence-electron chi connectivity index (χ0n) is 19.0. The van der Waals surface area contributed by atoms with Crippen LogP contribution >= 0.6 is 10.3 Å². The fraction of sp³-hybridized carbons (Fsp3) is 0.524. The summed E-state index contributed by atoms with van der Waals surface area (Å²) in [7, 11) is -10.4. The van der Waals surface area contributed by atoms with Crippen molar-refractivity contribution < 1.29 is 61.0 Å². The highest BCUT2D eigenvalue weighted by molar-refractivity contribution is 8.33. The lowest BCUT2D eigenvalue weighted by atomic mass is 10.1. The second-order valence-electron chi connectivity index (χ2n) is 7.98. The Morgan fingerprint density at radius 3 is 1.95 bits per heavy atom. The van der Waals surface area contributed by atoms with Gasteiger partial charge in [-0.1, -0.05) is 34.6 Å². The molecule has 0 amide bonds. The summed E-state index contributed by atoms with van der Waals surface area (Å²) in [6.45, 7) is 1.86. The normalized spacial score (nSPS) is 18.2. The van der Waals surface area contributed by atoms with Crippen LogP contribution in [0.1, 0.15) is 19.8 Å². The van der Waals surface area contributed by atoms with E-state index in [2.05, 4.69) is 3.63 Å². The maximum absolute atomic E-state index is 14.4. The third-order valence-corrected chi connectivity index (χ3v) is 11.3. The molecule has 5 nitrogen and oxygen atoms in total. The van der Waals surface area contributed by atoms with Crippen molar-refractivity contribution in [3.05, 3.63) is 36.4 Å². The molecule has 0 atom stereocenters. The van der Waals surface area contributed by atoms with Gasteiger partial charge < -0.3 is 9.47 Å². The van der Waals surface area contributed by atoms with Gasteiger partial charge in [-0.2, -0.15) is 47.9 Å². The van der Waals surface area contributed by atoms with Gasteiger partial charge in [0, 0.05) is 28.4 Å². The van der Waals surface area contributed by atoms with Gasteiger partial charge in [0.25, 0.3) is 0 Å². The van der Waals surface area contributed by atoms with Gasteiger partial charge in [0.2, 0.25) is 0 Å². The van der Waals surface area contributed by atoms with Crippen LogP contribution in [0.5, 0.6) is 5.75 Å². The summed E-state index contributed by atoms with van der Waals surface area (Å²) >= 11 is 0. The van der Waals surface area contributed by atoms with Gasteiger partial charge in [0.15, 0.2) is 6.79 Å². The summed E-state index contributed by atoms with van der Waals surface area (Å²) in [6.07, 6.45) is -6.77.